The summed E-state index contributed by atoms with van der Waals surface area (Å²) in [6.45, 7) is 11.2. The Labute approximate surface area is 219 Å². The molecule has 0 unspecified atom stereocenters. The van der Waals surface area contributed by atoms with Gasteiger partial charge in [-0.05, 0) is 70.8 Å². The summed E-state index contributed by atoms with van der Waals surface area (Å²) in [5.41, 5.74) is 7.77. The lowest BCUT2D eigenvalue weighted by Crippen LogP contribution is -2.30. The number of benzene rings is 6. The number of fused-ring (bicyclic) bond motifs is 2. The molecule has 37 heavy (non-hydrogen) atoms. The van der Waals surface area contributed by atoms with Gasteiger partial charge in [-0.3, -0.25) is 0 Å². The van der Waals surface area contributed by atoms with Crippen LogP contribution in [0.2, 0.25) is 0 Å². The molecule has 0 spiro atoms. The average molecular weight is 481 g/mol. The van der Waals surface area contributed by atoms with Crippen molar-refractivity contribution in [3.8, 4) is 0 Å². The number of anilines is 4. The molecule has 0 saturated carbocycles. The summed E-state index contributed by atoms with van der Waals surface area (Å²) >= 11 is 0. The standard InChI is InChI=1S/C35H32N2/c1-5-36(6-2)31-21-23-13-12-16-26-32(22-24-14-11-15-25(31)33(24)34(23)26)37-29-19-9-7-17-27(29)35(3,4)28-18-8-10-20-30(28)37/h7-22H,5-6H2,1-4H3. The Morgan fingerprint density at radius 1 is 0.595 bits per heavy atom. The first-order chi connectivity index (χ1) is 18.0. The topological polar surface area (TPSA) is 6.48 Å². The molecule has 1 heterocycles. The van der Waals surface area contributed by atoms with Crippen LogP contribution in [-0.2, 0) is 5.41 Å². The van der Waals surface area contributed by atoms with Gasteiger partial charge in [-0.2, -0.15) is 0 Å². The number of hydrogen-bond acceptors (Lipinski definition) is 2. The van der Waals surface area contributed by atoms with Gasteiger partial charge < -0.3 is 9.80 Å². The fraction of sp³-hybridized carbons (Fsp3) is 0.200. The predicted octanol–water partition coefficient (Wildman–Crippen LogP) is 9.54. The summed E-state index contributed by atoms with van der Waals surface area (Å²) in [5.74, 6) is 0. The maximum Gasteiger partial charge on any atom is 0.0546 e. The second-order valence-electron chi connectivity index (χ2n) is 10.8. The highest BCUT2D eigenvalue weighted by molar-refractivity contribution is 6.29. The Balaban J connectivity index is 1.61. The highest BCUT2D eigenvalue weighted by atomic mass is 15.2. The van der Waals surface area contributed by atoms with Crippen LogP contribution >= 0.6 is 0 Å². The molecule has 7 rings (SSSR count). The minimum atomic E-state index is -0.0679. The van der Waals surface area contributed by atoms with Crippen LogP contribution in [0.5, 0.6) is 0 Å². The minimum absolute atomic E-state index is 0.0679. The van der Waals surface area contributed by atoms with Crippen LogP contribution in [0.15, 0.2) is 97.1 Å². The lowest BCUT2D eigenvalue weighted by atomic mass is 9.73. The molecular weight excluding hydrogens is 448 g/mol. The monoisotopic (exact) mass is 480 g/mol. The zero-order valence-electron chi connectivity index (χ0n) is 22.0. The van der Waals surface area contributed by atoms with E-state index in [2.05, 4.69) is 135 Å². The molecule has 0 amide bonds. The van der Waals surface area contributed by atoms with Crippen molar-refractivity contribution < 1.29 is 0 Å². The first kappa shape index (κ1) is 22.2. The maximum absolute atomic E-state index is 2.50. The number of rotatable bonds is 4. The van der Waals surface area contributed by atoms with E-state index in [0.29, 0.717) is 0 Å². The molecule has 1 aliphatic rings. The van der Waals surface area contributed by atoms with E-state index >= 15 is 0 Å². The van der Waals surface area contributed by atoms with Crippen molar-refractivity contribution in [2.45, 2.75) is 33.1 Å². The van der Waals surface area contributed by atoms with Crippen molar-refractivity contribution in [2.24, 2.45) is 0 Å². The van der Waals surface area contributed by atoms with Gasteiger partial charge in [-0.25, -0.2) is 0 Å². The molecule has 6 aromatic rings. The van der Waals surface area contributed by atoms with Gasteiger partial charge >= 0.3 is 0 Å². The zero-order chi connectivity index (χ0) is 25.3. The van der Waals surface area contributed by atoms with E-state index in [0.717, 1.165) is 13.1 Å². The third-order valence-corrected chi connectivity index (χ3v) is 8.56. The lowest BCUT2D eigenvalue weighted by molar-refractivity contribution is 0.632. The molecule has 182 valence electrons. The molecule has 0 radical (unpaired) electrons. The van der Waals surface area contributed by atoms with Gasteiger partial charge in [0, 0.05) is 35.0 Å². The highest BCUT2D eigenvalue weighted by Crippen LogP contribution is 2.54. The molecule has 0 aromatic heterocycles. The summed E-state index contributed by atoms with van der Waals surface area (Å²) in [5, 5.41) is 7.99. The molecule has 1 aliphatic heterocycles. The van der Waals surface area contributed by atoms with Crippen LogP contribution in [0.25, 0.3) is 32.3 Å². The molecule has 0 atom stereocenters. The molecule has 6 aromatic carbocycles. The van der Waals surface area contributed by atoms with E-state index in [9.17, 15) is 0 Å². The molecule has 0 saturated heterocycles. The quantitative estimate of drug-likeness (QED) is 0.232. The molecule has 2 heteroatoms. The fourth-order valence-corrected chi connectivity index (χ4v) is 6.76. The van der Waals surface area contributed by atoms with Crippen LogP contribution in [0.1, 0.15) is 38.8 Å². The van der Waals surface area contributed by atoms with Crippen molar-refractivity contribution in [1.29, 1.82) is 0 Å². The fourth-order valence-electron chi connectivity index (χ4n) is 6.76. The largest absolute Gasteiger partial charge is 0.372 e. The summed E-state index contributed by atoms with van der Waals surface area (Å²) in [4.78, 5) is 4.98. The Morgan fingerprint density at radius 2 is 1.14 bits per heavy atom. The van der Waals surface area contributed by atoms with Crippen molar-refractivity contribution in [3.05, 3.63) is 108 Å². The Hall–Kier alpha value is -4.04. The Bertz CT molecular complexity index is 1740. The second kappa shape index (κ2) is 7.98. The van der Waals surface area contributed by atoms with Crippen LogP contribution < -0.4 is 9.80 Å². The smallest absolute Gasteiger partial charge is 0.0546 e. The van der Waals surface area contributed by atoms with E-state index in [4.69, 9.17) is 0 Å². The number of nitrogens with zero attached hydrogens (tertiary/aromatic N) is 2. The molecule has 2 nitrogen and oxygen atoms in total. The summed E-state index contributed by atoms with van der Waals surface area (Å²) in [6.07, 6.45) is 0. The van der Waals surface area contributed by atoms with Crippen LogP contribution in [0.4, 0.5) is 22.7 Å². The maximum atomic E-state index is 2.50. The van der Waals surface area contributed by atoms with Gasteiger partial charge in [0.1, 0.15) is 0 Å². The van der Waals surface area contributed by atoms with Gasteiger partial charge in [-0.15, -0.1) is 0 Å². The van der Waals surface area contributed by atoms with Crippen LogP contribution in [-0.4, -0.2) is 13.1 Å². The first-order valence-corrected chi connectivity index (χ1v) is 13.5. The van der Waals surface area contributed by atoms with Crippen molar-refractivity contribution >= 4 is 55.1 Å². The van der Waals surface area contributed by atoms with Crippen LogP contribution in [0, 0.1) is 0 Å². The molecule has 0 fully saturated rings. The zero-order valence-corrected chi connectivity index (χ0v) is 22.0. The normalized spacial score (nSPS) is 14.3. The Morgan fingerprint density at radius 3 is 1.76 bits per heavy atom. The summed E-state index contributed by atoms with van der Waals surface area (Å²) < 4.78 is 0. The van der Waals surface area contributed by atoms with Crippen molar-refractivity contribution in [2.75, 3.05) is 22.9 Å². The van der Waals surface area contributed by atoms with Crippen LogP contribution in [0.3, 0.4) is 0 Å². The van der Waals surface area contributed by atoms with E-state index in [-0.39, 0.29) is 5.41 Å². The second-order valence-corrected chi connectivity index (χ2v) is 10.8. The minimum Gasteiger partial charge on any atom is -0.372 e. The third kappa shape index (κ3) is 2.99. The molecule has 0 N–H and O–H groups in total. The van der Waals surface area contributed by atoms with Gasteiger partial charge in [0.25, 0.3) is 0 Å². The molecular formula is C35H32N2. The highest BCUT2D eigenvalue weighted by Gasteiger charge is 2.37. The number of para-hydroxylation sites is 2. The summed E-state index contributed by atoms with van der Waals surface area (Å²) in [6, 6.07) is 36.3. The van der Waals surface area contributed by atoms with Gasteiger partial charge in [0.2, 0.25) is 0 Å². The van der Waals surface area contributed by atoms with Gasteiger partial charge in [-0.1, -0.05) is 86.6 Å². The Kier molecular flexibility index (Phi) is 4.78. The van der Waals surface area contributed by atoms with Gasteiger partial charge in [0.15, 0.2) is 0 Å². The lowest BCUT2D eigenvalue weighted by Gasteiger charge is -2.42. The van der Waals surface area contributed by atoms with E-state index in [1.165, 1.54) is 66.2 Å². The number of hydrogen-bond donors (Lipinski definition) is 0. The summed E-state index contributed by atoms with van der Waals surface area (Å²) in [7, 11) is 0. The van der Waals surface area contributed by atoms with E-state index in [1.54, 1.807) is 0 Å². The first-order valence-electron chi connectivity index (χ1n) is 13.5. The van der Waals surface area contributed by atoms with E-state index < -0.39 is 0 Å². The molecule has 0 bridgehead atoms. The predicted molar refractivity (Wildman–Crippen MR) is 161 cm³/mol. The third-order valence-electron chi connectivity index (χ3n) is 8.56. The van der Waals surface area contributed by atoms with Gasteiger partial charge in [0.05, 0.1) is 17.1 Å². The SMILES string of the molecule is CCN(CC)c1cc2cccc3c(N4c5ccccc5C(C)(C)c5ccccc54)cc4cccc1c4c23. The van der Waals surface area contributed by atoms with Crippen molar-refractivity contribution in [1.82, 2.24) is 0 Å². The van der Waals surface area contributed by atoms with E-state index in [1.807, 2.05) is 0 Å². The average Bonchev–Trinajstić information content (AvgIpc) is 2.93. The van der Waals surface area contributed by atoms with Crippen molar-refractivity contribution in [3.63, 3.8) is 0 Å². The molecule has 0 aliphatic carbocycles.